The van der Waals surface area contributed by atoms with E-state index >= 15 is 0 Å². The van der Waals surface area contributed by atoms with Crippen molar-refractivity contribution in [3.8, 4) is 0 Å². The van der Waals surface area contributed by atoms with Crippen LogP contribution in [-0.2, 0) is 0 Å². The van der Waals surface area contributed by atoms with Gasteiger partial charge >= 0.3 is 0 Å². The molecule has 10 aliphatic carbocycles. The largest absolute Gasteiger partial charge is 0.324 e. The molecule has 0 aromatic heterocycles. The molecule has 10 aliphatic rings. The third-order valence-corrected chi connectivity index (χ3v) is 12.8. The zero-order valence-corrected chi connectivity index (χ0v) is 11.1. The van der Waals surface area contributed by atoms with Crippen LogP contribution >= 0.6 is 0 Å². The molecule has 0 aromatic carbocycles. The third kappa shape index (κ3) is 0.275. The fourth-order valence-electron chi connectivity index (χ4n) is 13.6. The third-order valence-electron chi connectivity index (χ3n) is 12.8. The van der Waals surface area contributed by atoms with Crippen molar-refractivity contribution in [2.24, 2.45) is 80.7 Å². The molecule has 0 radical (unpaired) electrons. The highest BCUT2D eigenvalue weighted by atomic mass is 15.3. The van der Waals surface area contributed by atoms with E-state index < -0.39 is 0 Å². The second-order valence-electron chi connectivity index (χ2n) is 10.7. The van der Waals surface area contributed by atoms with Crippen molar-refractivity contribution in [1.29, 1.82) is 0 Å². The number of hydrogen-bond acceptors (Lipinski definition) is 1. The summed E-state index contributed by atoms with van der Waals surface area (Å²) in [6.07, 6.45) is 6.47. The van der Waals surface area contributed by atoms with Crippen molar-refractivity contribution in [2.45, 2.75) is 31.2 Å². The average molecular weight is 249 g/mol. The van der Waals surface area contributed by atoms with E-state index in [1.807, 2.05) is 0 Å². The molecule has 1 nitrogen and oxygen atoms in total. The Hall–Kier alpha value is -0.0400. The molecule has 0 saturated heterocycles. The van der Waals surface area contributed by atoms with E-state index in [1.165, 1.54) is 41.4 Å². The fraction of sp³-hybridized carbons (Fsp3) is 1.00. The van der Waals surface area contributed by atoms with Gasteiger partial charge in [0.2, 0.25) is 0 Å². The molecule has 2 N–H and O–H groups in total. The van der Waals surface area contributed by atoms with Crippen molar-refractivity contribution in [2.75, 3.05) is 0 Å². The number of fused-ring (bicyclic) bond motifs is 5. The van der Waals surface area contributed by atoms with Gasteiger partial charge in [0.15, 0.2) is 0 Å². The normalized spacial score (nSPS) is 107. The Balaban J connectivity index is 1.30. The van der Waals surface area contributed by atoms with Gasteiger partial charge in [-0.15, -0.1) is 0 Å². The molecule has 14 unspecified atom stereocenters. The SMILES string of the molecule is NC12C3C4C5CC6CC7C65C47C3C13C1CC4CC2C413. The molecule has 4 spiro atoms. The molecule has 96 valence electrons. The van der Waals surface area contributed by atoms with Crippen LogP contribution in [0.25, 0.3) is 0 Å². The molecule has 10 rings (SSSR count). The smallest absolute Gasteiger partial charge is 0.0292 e. The van der Waals surface area contributed by atoms with E-state index in [9.17, 15) is 0 Å². The monoisotopic (exact) mass is 249 g/mol. The zero-order valence-electron chi connectivity index (χ0n) is 11.1. The van der Waals surface area contributed by atoms with Gasteiger partial charge in [0.05, 0.1) is 0 Å². The topological polar surface area (TPSA) is 26.0 Å². The molecular weight excluding hydrogens is 230 g/mol. The number of hydrogen-bond donors (Lipinski definition) is 1. The van der Waals surface area contributed by atoms with Gasteiger partial charge in [-0.2, -0.15) is 0 Å². The van der Waals surface area contributed by atoms with Crippen LogP contribution in [0.3, 0.4) is 0 Å². The van der Waals surface area contributed by atoms with E-state index in [2.05, 4.69) is 0 Å². The summed E-state index contributed by atoms with van der Waals surface area (Å²) in [5, 5.41) is 0. The summed E-state index contributed by atoms with van der Waals surface area (Å²) in [6, 6.07) is 0. The molecule has 1 heteroatoms. The molecule has 10 fully saturated rings. The molecule has 0 amide bonds. The Bertz CT molecular complexity index is 729. The summed E-state index contributed by atoms with van der Waals surface area (Å²) in [5.41, 5.74) is 11.3. The standard InChI is InChI=1S/C18H19N/c19-18-10-4-6-3-9-15(6,10)17(9,18)13-12(18)11-7-1-5-2-8-14(5,7)16(8,11)13/h5-13H,1-4,19H2. The van der Waals surface area contributed by atoms with Crippen LogP contribution in [-0.4, -0.2) is 5.54 Å². The Morgan fingerprint density at radius 2 is 1.53 bits per heavy atom. The highest BCUT2D eigenvalue weighted by Gasteiger charge is 3.21. The Morgan fingerprint density at radius 1 is 0.737 bits per heavy atom. The zero-order chi connectivity index (χ0) is 11.5. The van der Waals surface area contributed by atoms with Crippen molar-refractivity contribution in [3.05, 3.63) is 0 Å². The summed E-state index contributed by atoms with van der Waals surface area (Å²) in [6.45, 7) is 0. The molecule has 0 bridgehead atoms. The van der Waals surface area contributed by atoms with E-state index in [0.717, 1.165) is 33.5 Å². The van der Waals surface area contributed by atoms with Crippen LogP contribution < -0.4 is 5.73 Å². The lowest BCUT2D eigenvalue weighted by Crippen LogP contribution is -2.96. The van der Waals surface area contributed by atoms with Crippen LogP contribution in [0.5, 0.6) is 0 Å². The first-order valence-electron chi connectivity index (χ1n) is 9.06. The molecule has 10 saturated carbocycles. The predicted octanol–water partition coefficient (Wildman–Crippen LogP) is 1.87. The highest BCUT2D eigenvalue weighted by molar-refractivity contribution is 5.69. The van der Waals surface area contributed by atoms with Gasteiger partial charge < -0.3 is 5.73 Å². The maximum Gasteiger partial charge on any atom is 0.0292 e. The molecule has 14 atom stereocenters. The van der Waals surface area contributed by atoms with Gasteiger partial charge in [0.25, 0.3) is 0 Å². The summed E-state index contributed by atoms with van der Waals surface area (Å²) in [4.78, 5) is 0. The molecule has 0 heterocycles. The maximum absolute atomic E-state index is 7.16. The maximum atomic E-state index is 7.16. The van der Waals surface area contributed by atoms with Gasteiger partial charge in [-0.25, -0.2) is 0 Å². The van der Waals surface area contributed by atoms with Gasteiger partial charge in [0.1, 0.15) is 0 Å². The van der Waals surface area contributed by atoms with Crippen molar-refractivity contribution in [1.82, 2.24) is 0 Å². The molecular formula is C18H19N. The lowest BCUT2D eigenvalue weighted by atomic mass is 9.13. The van der Waals surface area contributed by atoms with Gasteiger partial charge in [-0.05, 0) is 95.2 Å². The summed E-state index contributed by atoms with van der Waals surface area (Å²) >= 11 is 0. The molecule has 19 heavy (non-hydrogen) atoms. The van der Waals surface area contributed by atoms with E-state index in [0.29, 0.717) is 5.54 Å². The van der Waals surface area contributed by atoms with Gasteiger partial charge in [-0.3, -0.25) is 0 Å². The minimum atomic E-state index is 0.417. The first-order valence-corrected chi connectivity index (χ1v) is 9.06. The minimum Gasteiger partial charge on any atom is -0.324 e. The van der Waals surface area contributed by atoms with Crippen molar-refractivity contribution >= 4 is 0 Å². The molecule has 0 aromatic rings. The van der Waals surface area contributed by atoms with Crippen LogP contribution in [0, 0.1) is 74.9 Å². The lowest BCUT2D eigenvalue weighted by Gasteiger charge is -2.92. The van der Waals surface area contributed by atoms with Crippen LogP contribution in [0.4, 0.5) is 0 Å². The summed E-state index contributed by atoms with van der Waals surface area (Å²) in [5.74, 6) is 10.5. The van der Waals surface area contributed by atoms with E-state index in [-0.39, 0.29) is 0 Å². The molecule has 0 aliphatic heterocycles. The van der Waals surface area contributed by atoms with Gasteiger partial charge in [0, 0.05) is 11.0 Å². The second-order valence-corrected chi connectivity index (χ2v) is 10.7. The Morgan fingerprint density at radius 3 is 2.26 bits per heavy atom. The first-order chi connectivity index (χ1) is 9.27. The van der Waals surface area contributed by atoms with Crippen LogP contribution in [0.15, 0.2) is 0 Å². The minimum absolute atomic E-state index is 0.417. The van der Waals surface area contributed by atoms with Gasteiger partial charge in [-0.1, -0.05) is 0 Å². The van der Waals surface area contributed by atoms with Crippen LogP contribution in [0.1, 0.15) is 25.7 Å². The fourth-order valence-corrected chi connectivity index (χ4v) is 13.6. The van der Waals surface area contributed by atoms with Crippen molar-refractivity contribution < 1.29 is 0 Å². The highest BCUT2D eigenvalue weighted by Crippen LogP contribution is 3.22. The first kappa shape index (κ1) is 7.82. The number of rotatable bonds is 0. The van der Waals surface area contributed by atoms with Crippen LogP contribution in [0.2, 0.25) is 0 Å². The predicted molar refractivity (Wildman–Crippen MR) is 66.5 cm³/mol. The van der Waals surface area contributed by atoms with E-state index in [4.69, 9.17) is 5.73 Å². The average Bonchev–Trinajstić information content (AvgIpc) is 3.14. The van der Waals surface area contributed by atoms with E-state index in [1.54, 1.807) is 25.7 Å². The Labute approximate surface area is 112 Å². The summed E-state index contributed by atoms with van der Waals surface area (Å²) in [7, 11) is 0. The number of nitrogens with two attached hydrogens (primary N) is 1. The second kappa shape index (κ2) is 1.39. The van der Waals surface area contributed by atoms with Crippen molar-refractivity contribution in [3.63, 3.8) is 0 Å². The lowest BCUT2D eigenvalue weighted by molar-refractivity contribution is -0.433. The Kier molecular flexibility index (Phi) is 0.572. The summed E-state index contributed by atoms with van der Waals surface area (Å²) < 4.78 is 0. The quantitative estimate of drug-likeness (QED) is 0.697.